The summed E-state index contributed by atoms with van der Waals surface area (Å²) in [6.45, 7) is 3.32. The quantitative estimate of drug-likeness (QED) is 0.743. The van der Waals surface area contributed by atoms with E-state index < -0.39 is 11.6 Å². The highest BCUT2D eigenvalue weighted by atomic mass is 19.1. The van der Waals surface area contributed by atoms with Crippen LogP contribution in [0, 0.1) is 18.6 Å². The van der Waals surface area contributed by atoms with Crippen molar-refractivity contribution in [2.75, 3.05) is 18.0 Å². The van der Waals surface area contributed by atoms with Crippen molar-refractivity contribution in [1.29, 1.82) is 0 Å². The average Bonchev–Trinajstić information content (AvgIpc) is 3.06. The SMILES string of the molecule is Cc1nnc2c(N3CCC(NC(=O)Cc4ccc(F)cc4F)CC3)nccn12. The number of amides is 1. The zero-order chi connectivity index (χ0) is 19.7. The van der Waals surface area contributed by atoms with Crippen molar-refractivity contribution < 1.29 is 13.6 Å². The number of rotatable bonds is 4. The fraction of sp³-hybridized carbons (Fsp3) is 0.368. The summed E-state index contributed by atoms with van der Waals surface area (Å²) in [5.41, 5.74) is 0.906. The van der Waals surface area contributed by atoms with Crippen LogP contribution in [-0.4, -0.2) is 44.6 Å². The van der Waals surface area contributed by atoms with Gasteiger partial charge in [0.1, 0.15) is 17.5 Å². The highest BCUT2D eigenvalue weighted by Gasteiger charge is 2.24. The van der Waals surface area contributed by atoms with E-state index in [1.54, 1.807) is 6.20 Å². The third-order valence-corrected chi connectivity index (χ3v) is 5.00. The van der Waals surface area contributed by atoms with E-state index in [1.807, 2.05) is 17.5 Å². The third-order valence-electron chi connectivity index (χ3n) is 5.00. The second-order valence-electron chi connectivity index (χ2n) is 6.93. The molecule has 1 aliphatic rings. The van der Waals surface area contributed by atoms with Gasteiger partial charge in [-0.25, -0.2) is 13.8 Å². The minimum absolute atomic E-state index is 0.00611. The first kappa shape index (κ1) is 18.3. The number of fused-ring (bicyclic) bond motifs is 1. The molecule has 0 atom stereocenters. The number of halogens is 2. The zero-order valence-corrected chi connectivity index (χ0v) is 15.4. The Balaban J connectivity index is 1.35. The summed E-state index contributed by atoms with van der Waals surface area (Å²) in [5, 5.41) is 11.2. The topological polar surface area (TPSA) is 75.4 Å². The highest BCUT2D eigenvalue weighted by molar-refractivity contribution is 5.79. The molecule has 3 aromatic rings. The Kier molecular flexibility index (Phi) is 4.89. The Bertz CT molecular complexity index is 1010. The lowest BCUT2D eigenvalue weighted by Crippen LogP contribution is -2.45. The summed E-state index contributed by atoms with van der Waals surface area (Å²) in [4.78, 5) is 18.8. The minimum Gasteiger partial charge on any atom is -0.353 e. The van der Waals surface area contributed by atoms with Crippen molar-refractivity contribution >= 4 is 17.4 Å². The van der Waals surface area contributed by atoms with E-state index >= 15 is 0 Å². The molecule has 1 N–H and O–H groups in total. The number of carbonyl (C=O) groups is 1. The van der Waals surface area contributed by atoms with E-state index in [-0.39, 0.29) is 23.9 Å². The molecule has 2 aromatic heterocycles. The lowest BCUT2D eigenvalue weighted by Gasteiger charge is -2.33. The van der Waals surface area contributed by atoms with Gasteiger partial charge in [-0.3, -0.25) is 9.20 Å². The first-order valence-corrected chi connectivity index (χ1v) is 9.16. The van der Waals surface area contributed by atoms with Gasteiger partial charge in [-0.05, 0) is 31.4 Å². The van der Waals surface area contributed by atoms with Crippen LogP contribution in [0.5, 0.6) is 0 Å². The monoisotopic (exact) mass is 386 g/mol. The van der Waals surface area contributed by atoms with Gasteiger partial charge in [0.25, 0.3) is 0 Å². The molecule has 0 aliphatic carbocycles. The first-order chi connectivity index (χ1) is 13.5. The van der Waals surface area contributed by atoms with Gasteiger partial charge in [-0.2, -0.15) is 0 Å². The van der Waals surface area contributed by atoms with Gasteiger partial charge < -0.3 is 10.2 Å². The summed E-state index contributed by atoms with van der Waals surface area (Å²) < 4.78 is 28.6. The van der Waals surface area contributed by atoms with Gasteiger partial charge in [0, 0.05) is 37.6 Å². The molecule has 1 aromatic carbocycles. The highest BCUT2D eigenvalue weighted by Crippen LogP contribution is 2.22. The standard InChI is InChI=1S/C19H20F2N6O/c1-12-24-25-19-18(22-6-9-27(12)19)26-7-4-15(5-8-26)23-17(28)10-13-2-3-14(20)11-16(13)21/h2-3,6,9,11,15H,4-5,7-8,10H2,1H3,(H,23,28). The normalized spacial score (nSPS) is 15.2. The lowest BCUT2D eigenvalue weighted by molar-refractivity contribution is -0.121. The number of benzene rings is 1. The van der Waals surface area contributed by atoms with E-state index in [0.29, 0.717) is 18.7 Å². The molecule has 9 heteroatoms. The van der Waals surface area contributed by atoms with Crippen molar-refractivity contribution in [3.8, 4) is 0 Å². The summed E-state index contributed by atoms with van der Waals surface area (Å²) in [7, 11) is 0. The molecule has 0 bridgehead atoms. The Morgan fingerprint density at radius 2 is 2.04 bits per heavy atom. The van der Waals surface area contributed by atoms with Gasteiger partial charge >= 0.3 is 0 Å². The van der Waals surface area contributed by atoms with E-state index in [2.05, 4.69) is 25.4 Å². The second kappa shape index (κ2) is 7.49. The molecule has 1 aliphatic heterocycles. The maximum atomic E-state index is 13.7. The predicted molar refractivity (Wildman–Crippen MR) is 99.0 cm³/mol. The number of piperidine rings is 1. The number of carbonyl (C=O) groups excluding carboxylic acids is 1. The van der Waals surface area contributed by atoms with E-state index in [1.165, 1.54) is 6.07 Å². The van der Waals surface area contributed by atoms with Crippen molar-refractivity contribution in [1.82, 2.24) is 24.9 Å². The molecule has 1 amide bonds. The second-order valence-corrected chi connectivity index (χ2v) is 6.93. The molecule has 146 valence electrons. The number of nitrogens with zero attached hydrogens (tertiary/aromatic N) is 5. The van der Waals surface area contributed by atoms with E-state index in [0.717, 1.165) is 36.6 Å². The van der Waals surface area contributed by atoms with Crippen LogP contribution >= 0.6 is 0 Å². The smallest absolute Gasteiger partial charge is 0.224 e. The van der Waals surface area contributed by atoms with Crippen LogP contribution in [0.3, 0.4) is 0 Å². The predicted octanol–water partition coefficient (Wildman–Crippen LogP) is 2.04. The molecule has 1 saturated heterocycles. The van der Waals surface area contributed by atoms with Gasteiger partial charge in [-0.15, -0.1) is 10.2 Å². The van der Waals surface area contributed by atoms with Crippen LogP contribution in [0.2, 0.25) is 0 Å². The molecular formula is C19H20F2N6O. The number of hydrogen-bond donors (Lipinski definition) is 1. The molecule has 0 unspecified atom stereocenters. The van der Waals surface area contributed by atoms with Crippen molar-refractivity contribution in [2.24, 2.45) is 0 Å². The molecule has 1 fully saturated rings. The van der Waals surface area contributed by atoms with Crippen LogP contribution < -0.4 is 10.2 Å². The molecule has 28 heavy (non-hydrogen) atoms. The van der Waals surface area contributed by atoms with Crippen molar-refractivity contribution in [3.63, 3.8) is 0 Å². The Morgan fingerprint density at radius 1 is 1.25 bits per heavy atom. The number of anilines is 1. The molecular weight excluding hydrogens is 366 g/mol. The number of aromatic nitrogens is 4. The molecule has 7 nitrogen and oxygen atoms in total. The summed E-state index contributed by atoms with van der Waals surface area (Å²) in [6, 6.07) is 3.26. The summed E-state index contributed by atoms with van der Waals surface area (Å²) in [6.07, 6.45) is 4.94. The largest absolute Gasteiger partial charge is 0.353 e. The van der Waals surface area contributed by atoms with Crippen LogP contribution in [0.1, 0.15) is 24.2 Å². The zero-order valence-electron chi connectivity index (χ0n) is 15.4. The van der Waals surface area contributed by atoms with E-state index in [4.69, 9.17) is 0 Å². The minimum atomic E-state index is -0.701. The van der Waals surface area contributed by atoms with Crippen LogP contribution in [0.15, 0.2) is 30.6 Å². The fourth-order valence-electron chi connectivity index (χ4n) is 3.50. The maximum absolute atomic E-state index is 13.7. The maximum Gasteiger partial charge on any atom is 0.224 e. The first-order valence-electron chi connectivity index (χ1n) is 9.16. The molecule has 0 radical (unpaired) electrons. The summed E-state index contributed by atoms with van der Waals surface area (Å²) in [5.74, 6) is -0.0411. The number of hydrogen-bond acceptors (Lipinski definition) is 5. The Labute approximate surface area is 160 Å². The molecule has 0 saturated carbocycles. The molecule has 3 heterocycles. The summed E-state index contributed by atoms with van der Waals surface area (Å²) >= 11 is 0. The Hall–Kier alpha value is -3.10. The van der Waals surface area contributed by atoms with Gasteiger partial charge in [0.05, 0.1) is 6.42 Å². The number of aryl methyl sites for hydroxylation is 1. The third kappa shape index (κ3) is 3.64. The molecule has 4 rings (SSSR count). The molecule has 0 spiro atoms. The number of nitrogens with one attached hydrogen (secondary N) is 1. The Morgan fingerprint density at radius 3 is 2.79 bits per heavy atom. The van der Waals surface area contributed by atoms with Gasteiger partial charge in [-0.1, -0.05) is 6.07 Å². The van der Waals surface area contributed by atoms with Crippen LogP contribution in [0.25, 0.3) is 5.65 Å². The fourth-order valence-corrected chi connectivity index (χ4v) is 3.50. The van der Waals surface area contributed by atoms with Gasteiger partial charge in [0.2, 0.25) is 11.6 Å². The lowest BCUT2D eigenvalue weighted by atomic mass is 10.0. The van der Waals surface area contributed by atoms with Gasteiger partial charge in [0.15, 0.2) is 5.82 Å². The van der Waals surface area contributed by atoms with Crippen molar-refractivity contribution in [3.05, 3.63) is 53.6 Å². The van der Waals surface area contributed by atoms with Crippen LogP contribution in [0.4, 0.5) is 14.6 Å². The van der Waals surface area contributed by atoms with Crippen molar-refractivity contribution in [2.45, 2.75) is 32.2 Å². The van der Waals surface area contributed by atoms with E-state index in [9.17, 15) is 13.6 Å². The van der Waals surface area contributed by atoms with Crippen LogP contribution in [-0.2, 0) is 11.2 Å². The average molecular weight is 386 g/mol.